The van der Waals surface area contributed by atoms with Crippen LogP contribution in [0.5, 0.6) is 5.75 Å². The first-order valence-electron chi connectivity index (χ1n) is 4.60. The molecule has 0 radical (unpaired) electrons. The zero-order chi connectivity index (χ0) is 11.4. The van der Waals surface area contributed by atoms with Crippen molar-refractivity contribution in [1.82, 2.24) is 0 Å². The molecule has 3 rings (SSSR count). The quantitative estimate of drug-likeness (QED) is 0.748. The fourth-order valence-corrected chi connectivity index (χ4v) is 1.97. The Morgan fingerprint density at radius 3 is 2.81 bits per heavy atom. The Hall–Kier alpha value is -2.08. The molecule has 1 aliphatic rings. The Kier molecular flexibility index (Phi) is 1.57. The average molecular weight is 221 g/mol. The number of nitrogens with two attached hydrogens (primary N) is 1. The molecule has 0 aromatic carbocycles. The van der Waals surface area contributed by atoms with Crippen molar-refractivity contribution in [3.63, 3.8) is 0 Å². The number of carbonyl (C=O) groups excluding carboxylic acids is 2. The maximum Gasteiger partial charge on any atom is 0.348 e. The highest BCUT2D eigenvalue weighted by Crippen LogP contribution is 2.46. The van der Waals surface area contributed by atoms with Gasteiger partial charge in [-0.1, -0.05) is 0 Å². The van der Waals surface area contributed by atoms with Crippen molar-refractivity contribution >= 4 is 23.1 Å². The number of hydrogen-bond donors (Lipinski definition) is 1. The normalized spacial score (nSPS) is 13.5. The molecular formula is C10H7NO5. The summed E-state index contributed by atoms with van der Waals surface area (Å²) in [6.07, 6.45) is 0. The Balaban J connectivity index is 2.37. The molecule has 3 heterocycles. The van der Waals surface area contributed by atoms with Crippen LogP contribution in [0, 0.1) is 0 Å². The van der Waals surface area contributed by atoms with Gasteiger partial charge in [0, 0.05) is 6.54 Å². The number of esters is 2. The molecule has 2 aromatic rings. The van der Waals surface area contributed by atoms with E-state index in [-0.39, 0.29) is 17.7 Å². The second-order valence-corrected chi connectivity index (χ2v) is 3.40. The van der Waals surface area contributed by atoms with Crippen LogP contribution in [0.4, 0.5) is 0 Å². The summed E-state index contributed by atoms with van der Waals surface area (Å²) in [5.41, 5.74) is 6.90. The lowest BCUT2D eigenvalue weighted by Gasteiger charge is -1.98. The van der Waals surface area contributed by atoms with Crippen LogP contribution >= 0.6 is 0 Å². The molecule has 1 aliphatic heterocycles. The second-order valence-electron chi connectivity index (χ2n) is 3.40. The van der Waals surface area contributed by atoms with Gasteiger partial charge in [-0.05, 0) is 0 Å². The molecule has 16 heavy (non-hydrogen) atoms. The van der Waals surface area contributed by atoms with Gasteiger partial charge in [0.1, 0.15) is 11.1 Å². The van der Waals surface area contributed by atoms with Crippen molar-refractivity contribution in [2.24, 2.45) is 5.73 Å². The van der Waals surface area contributed by atoms with Gasteiger partial charge in [-0.15, -0.1) is 0 Å². The van der Waals surface area contributed by atoms with Crippen LogP contribution < -0.4 is 10.5 Å². The van der Waals surface area contributed by atoms with Gasteiger partial charge >= 0.3 is 11.9 Å². The van der Waals surface area contributed by atoms with E-state index in [9.17, 15) is 9.59 Å². The SMILES string of the molecule is COC(=O)c1c2c3oc1c(CN)c3OC2=O. The standard InChI is InChI=1S/C10H7NO5/c1-14-9(12)4-5-8-7(16-10(5)13)3(2-11)6(4)15-8/h2,11H2,1H3. The molecule has 2 bridgehead atoms. The third-order valence-electron chi connectivity index (χ3n) is 2.66. The molecule has 0 saturated heterocycles. The third-order valence-corrected chi connectivity index (χ3v) is 2.66. The molecule has 0 saturated carbocycles. The summed E-state index contributed by atoms with van der Waals surface area (Å²) < 4.78 is 14.9. The summed E-state index contributed by atoms with van der Waals surface area (Å²) in [6.45, 7) is 0.134. The molecule has 82 valence electrons. The lowest BCUT2D eigenvalue weighted by Crippen LogP contribution is -2.08. The minimum Gasteiger partial charge on any atom is -0.465 e. The van der Waals surface area contributed by atoms with Crippen LogP contribution in [0.15, 0.2) is 4.42 Å². The Labute approximate surface area is 89.2 Å². The summed E-state index contributed by atoms with van der Waals surface area (Å²) >= 11 is 0. The van der Waals surface area contributed by atoms with Gasteiger partial charge in [0.2, 0.25) is 0 Å². The molecule has 6 nitrogen and oxygen atoms in total. The van der Waals surface area contributed by atoms with Crippen molar-refractivity contribution in [1.29, 1.82) is 0 Å². The molecule has 2 N–H and O–H groups in total. The van der Waals surface area contributed by atoms with Crippen molar-refractivity contribution in [2.45, 2.75) is 6.54 Å². The van der Waals surface area contributed by atoms with E-state index in [2.05, 4.69) is 4.74 Å². The van der Waals surface area contributed by atoms with E-state index in [1.807, 2.05) is 0 Å². The highest BCUT2D eigenvalue weighted by Gasteiger charge is 2.41. The summed E-state index contributed by atoms with van der Waals surface area (Å²) in [5, 5.41) is 0. The van der Waals surface area contributed by atoms with Crippen LogP contribution in [0.1, 0.15) is 26.3 Å². The Bertz CT molecular complexity index is 612. The number of furan rings is 2. The largest absolute Gasteiger partial charge is 0.465 e. The smallest absolute Gasteiger partial charge is 0.348 e. The number of ether oxygens (including phenoxy) is 2. The van der Waals surface area contributed by atoms with Gasteiger partial charge in [0.05, 0.1) is 12.7 Å². The van der Waals surface area contributed by atoms with Crippen LogP contribution in [-0.4, -0.2) is 19.0 Å². The minimum absolute atomic E-state index is 0.115. The van der Waals surface area contributed by atoms with Crippen LogP contribution in [0.25, 0.3) is 11.2 Å². The van der Waals surface area contributed by atoms with E-state index in [4.69, 9.17) is 14.9 Å². The highest BCUT2D eigenvalue weighted by atomic mass is 16.6. The Morgan fingerprint density at radius 2 is 2.19 bits per heavy atom. The minimum atomic E-state index is -0.621. The summed E-state index contributed by atoms with van der Waals surface area (Å²) in [5.74, 6) is -0.877. The summed E-state index contributed by atoms with van der Waals surface area (Å²) in [6, 6.07) is 0. The lowest BCUT2D eigenvalue weighted by atomic mass is 10.0. The van der Waals surface area contributed by atoms with Crippen molar-refractivity contribution < 1.29 is 23.5 Å². The van der Waals surface area contributed by atoms with Crippen LogP contribution in [0.2, 0.25) is 0 Å². The monoisotopic (exact) mass is 221 g/mol. The zero-order valence-electron chi connectivity index (χ0n) is 8.33. The fourth-order valence-electron chi connectivity index (χ4n) is 1.97. The first kappa shape index (κ1) is 9.17. The van der Waals surface area contributed by atoms with Gasteiger partial charge in [-0.3, -0.25) is 0 Å². The maximum absolute atomic E-state index is 11.5. The molecule has 2 aromatic heterocycles. The number of carbonyl (C=O) groups is 2. The Morgan fingerprint density at radius 1 is 1.44 bits per heavy atom. The predicted octanol–water partition coefficient (Wildman–Crippen LogP) is 0.649. The van der Waals surface area contributed by atoms with E-state index in [1.54, 1.807) is 0 Å². The summed E-state index contributed by atoms with van der Waals surface area (Å²) in [7, 11) is 1.24. The van der Waals surface area contributed by atoms with E-state index >= 15 is 0 Å². The number of rotatable bonds is 2. The fraction of sp³-hybridized carbons (Fsp3) is 0.200. The lowest BCUT2D eigenvalue weighted by molar-refractivity contribution is 0.0593. The van der Waals surface area contributed by atoms with Crippen molar-refractivity contribution in [3.8, 4) is 5.75 Å². The second kappa shape index (κ2) is 2.73. The average Bonchev–Trinajstić information content (AvgIpc) is 2.87. The highest BCUT2D eigenvalue weighted by molar-refractivity contribution is 6.19. The predicted molar refractivity (Wildman–Crippen MR) is 51.6 cm³/mol. The first-order chi connectivity index (χ1) is 7.69. The number of fused-ring (bicyclic) bond motifs is 1. The van der Waals surface area contributed by atoms with Gasteiger partial charge in [0.25, 0.3) is 0 Å². The topological polar surface area (TPSA) is 91.8 Å². The van der Waals surface area contributed by atoms with E-state index in [0.29, 0.717) is 22.5 Å². The molecule has 0 amide bonds. The molecule has 0 aliphatic carbocycles. The summed E-state index contributed by atoms with van der Waals surface area (Å²) in [4.78, 5) is 23.0. The van der Waals surface area contributed by atoms with Crippen molar-refractivity contribution in [3.05, 3.63) is 16.7 Å². The molecular weight excluding hydrogens is 214 g/mol. The molecule has 0 atom stereocenters. The van der Waals surface area contributed by atoms with Crippen LogP contribution in [-0.2, 0) is 11.3 Å². The first-order valence-corrected chi connectivity index (χ1v) is 4.60. The maximum atomic E-state index is 11.5. The molecule has 0 spiro atoms. The van der Waals surface area contributed by atoms with E-state index < -0.39 is 11.9 Å². The zero-order valence-corrected chi connectivity index (χ0v) is 8.33. The number of benzene rings is 1. The van der Waals surface area contributed by atoms with Gasteiger partial charge in [-0.2, -0.15) is 0 Å². The van der Waals surface area contributed by atoms with E-state index in [0.717, 1.165) is 0 Å². The van der Waals surface area contributed by atoms with Gasteiger partial charge < -0.3 is 19.6 Å². The molecule has 0 unspecified atom stereocenters. The van der Waals surface area contributed by atoms with E-state index in [1.165, 1.54) is 7.11 Å². The van der Waals surface area contributed by atoms with Gasteiger partial charge in [0.15, 0.2) is 16.9 Å². The van der Waals surface area contributed by atoms with Gasteiger partial charge in [-0.25, -0.2) is 9.59 Å². The number of methoxy groups -OCH3 is 1. The molecule has 0 fully saturated rings. The van der Waals surface area contributed by atoms with Crippen LogP contribution in [0.3, 0.4) is 0 Å². The third kappa shape index (κ3) is 0.809. The molecule has 6 heteroatoms. The van der Waals surface area contributed by atoms with Crippen molar-refractivity contribution in [2.75, 3.05) is 7.11 Å². The number of hydrogen-bond acceptors (Lipinski definition) is 6.